The highest BCUT2D eigenvalue weighted by Gasteiger charge is 2.25. The van der Waals surface area contributed by atoms with Crippen molar-refractivity contribution >= 4 is 40.4 Å². The minimum Gasteiger partial charge on any atom is -0.334 e. The van der Waals surface area contributed by atoms with Crippen molar-refractivity contribution in [2.75, 3.05) is 7.05 Å². The minimum absolute atomic E-state index is 0.124. The van der Waals surface area contributed by atoms with Crippen molar-refractivity contribution in [3.8, 4) is 10.8 Å². The number of aromatic nitrogens is 3. The number of carbonyl (C=O) groups is 1. The number of benzene rings is 1. The molecule has 0 saturated carbocycles. The normalized spacial score (nSPS) is 12.0. The number of hydrogen-bond acceptors (Lipinski definition) is 5. The van der Waals surface area contributed by atoms with E-state index in [1.54, 1.807) is 42.5 Å². The second kappa shape index (κ2) is 7.70. The summed E-state index contributed by atoms with van der Waals surface area (Å²) in [5, 5.41) is 1.71. The van der Waals surface area contributed by atoms with Gasteiger partial charge in [0.1, 0.15) is 4.88 Å². The molecule has 8 heteroatoms. The highest BCUT2D eigenvalue weighted by Crippen LogP contribution is 2.32. The summed E-state index contributed by atoms with van der Waals surface area (Å²) in [6, 6.07) is 6.80. The Morgan fingerprint density at radius 3 is 2.58 bits per heavy atom. The van der Waals surface area contributed by atoms with Crippen molar-refractivity contribution < 1.29 is 4.79 Å². The summed E-state index contributed by atoms with van der Waals surface area (Å²) in [5.41, 5.74) is 1.49. The standard InChI is InChI=1S/C18H16Cl2N4OS/c1-10-15(26-17(23-10)16-21-7-4-8-22-16)18(25)24(3)11(2)13-6-5-12(19)9-14(13)20/h4-9,11H,1-3H3. The first-order chi connectivity index (χ1) is 12.4. The molecule has 0 spiro atoms. The summed E-state index contributed by atoms with van der Waals surface area (Å²) in [5.74, 6) is 0.386. The second-order valence-electron chi connectivity index (χ2n) is 5.76. The average Bonchev–Trinajstić information content (AvgIpc) is 3.02. The first-order valence-electron chi connectivity index (χ1n) is 7.85. The van der Waals surface area contributed by atoms with Gasteiger partial charge in [0.05, 0.1) is 11.7 Å². The van der Waals surface area contributed by atoms with E-state index in [0.29, 0.717) is 31.4 Å². The maximum absolute atomic E-state index is 13.0. The molecule has 1 aromatic carbocycles. The van der Waals surface area contributed by atoms with Crippen LogP contribution in [0.4, 0.5) is 0 Å². The molecule has 0 N–H and O–H groups in total. The largest absolute Gasteiger partial charge is 0.334 e. The molecule has 3 aromatic rings. The van der Waals surface area contributed by atoms with Gasteiger partial charge in [0.2, 0.25) is 0 Å². The monoisotopic (exact) mass is 406 g/mol. The third-order valence-electron chi connectivity index (χ3n) is 4.06. The maximum Gasteiger partial charge on any atom is 0.266 e. The van der Waals surface area contributed by atoms with E-state index < -0.39 is 0 Å². The molecule has 0 saturated heterocycles. The van der Waals surface area contributed by atoms with E-state index in [0.717, 1.165) is 5.56 Å². The summed E-state index contributed by atoms with van der Waals surface area (Å²) in [7, 11) is 1.75. The van der Waals surface area contributed by atoms with Gasteiger partial charge in [-0.3, -0.25) is 4.79 Å². The number of thiazole rings is 1. The zero-order valence-corrected chi connectivity index (χ0v) is 16.7. The van der Waals surface area contributed by atoms with Gasteiger partial charge in [-0.05, 0) is 37.6 Å². The Morgan fingerprint density at radius 2 is 1.92 bits per heavy atom. The highest BCUT2D eigenvalue weighted by molar-refractivity contribution is 7.17. The number of nitrogens with zero attached hydrogens (tertiary/aromatic N) is 4. The van der Waals surface area contributed by atoms with Crippen LogP contribution < -0.4 is 0 Å². The molecule has 0 fully saturated rings. The van der Waals surface area contributed by atoms with Crippen LogP contribution in [0.2, 0.25) is 10.0 Å². The molecule has 1 atom stereocenters. The van der Waals surface area contributed by atoms with Crippen LogP contribution in [0.1, 0.15) is 33.9 Å². The van der Waals surface area contributed by atoms with Crippen molar-refractivity contribution in [1.29, 1.82) is 0 Å². The minimum atomic E-state index is -0.217. The van der Waals surface area contributed by atoms with Gasteiger partial charge in [-0.1, -0.05) is 29.3 Å². The van der Waals surface area contributed by atoms with Gasteiger partial charge < -0.3 is 4.90 Å². The van der Waals surface area contributed by atoms with Crippen LogP contribution in [-0.2, 0) is 0 Å². The van der Waals surface area contributed by atoms with E-state index in [1.165, 1.54) is 11.3 Å². The fourth-order valence-electron chi connectivity index (χ4n) is 2.49. The molecule has 1 amide bonds. The average molecular weight is 407 g/mol. The molecule has 2 aromatic heterocycles. The zero-order chi connectivity index (χ0) is 18.8. The number of aryl methyl sites for hydroxylation is 1. The Balaban J connectivity index is 1.88. The van der Waals surface area contributed by atoms with E-state index in [4.69, 9.17) is 23.2 Å². The van der Waals surface area contributed by atoms with E-state index in [-0.39, 0.29) is 11.9 Å². The van der Waals surface area contributed by atoms with Crippen LogP contribution in [0.25, 0.3) is 10.8 Å². The third-order valence-corrected chi connectivity index (χ3v) is 5.77. The van der Waals surface area contributed by atoms with Crippen LogP contribution in [0.15, 0.2) is 36.7 Å². The molecule has 0 radical (unpaired) electrons. The number of hydrogen-bond donors (Lipinski definition) is 0. The predicted molar refractivity (Wildman–Crippen MR) is 105 cm³/mol. The summed E-state index contributed by atoms with van der Waals surface area (Å²) in [6.07, 6.45) is 3.30. The molecule has 2 heterocycles. The lowest BCUT2D eigenvalue weighted by Crippen LogP contribution is -2.29. The molecule has 26 heavy (non-hydrogen) atoms. The summed E-state index contributed by atoms with van der Waals surface area (Å²) < 4.78 is 0. The third kappa shape index (κ3) is 3.72. The summed E-state index contributed by atoms with van der Waals surface area (Å²) in [6.45, 7) is 3.73. The van der Waals surface area contributed by atoms with E-state index in [9.17, 15) is 4.79 Å². The molecule has 0 bridgehead atoms. The molecule has 3 rings (SSSR count). The predicted octanol–water partition coefficient (Wildman–Crippen LogP) is 5.05. The lowest BCUT2D eigenvalue weighted by molar-refractivity contribution is 0.0746. The fraction of sp³-hybridized carbons (Fsp3) is 0.222. The molecule has 0 aliphatic heterocycles. The topological polar surface area (TPSA) is 59.0 Å². The number of rotatable bonds is 4. The Kier molecular flexibility index (Phi) is 5.55. The van der Waals surface area contributed by atoms with E-state index >= 15 is 0 Å². The highest BCUT2D eigenvalue weighted by atomic mass is 35.5. The van der Waals surface area contributed by atoms with E-state index in [2.05, 4.69) is 15.0 Å². The van der Waals surface area contributed by atoms with Crippen LogP contribution in [0, 0.1) is 6.92 Å². The van der Waals surface area contributed by atoms with Crippen LogP contribution in [0.5, 0.6) is 0 Å². The van der Waals surface area contributed by atoms with Gasteiger partial charge in [0.25, 0.3) is 5.91 Å². The number of carbonyl (C=O) groups excluding carboxylic acids is 1. The quantitative estimate of drug-likeness (QED) is 0.608. The number of amides is 1. The zero-order valence-electron chi connectivity index (χ0n) is 14.4. The molecule has 134 valence electrons. The molecular weight excluding hydrogens is 391 g/mol. The first-order valence-corrected chi connectivity index (χ1v) is 9.42. The molecule has 1 unspecified atom stereocenters. The van der Waals surface area contributed by atoms with Crippen LogP contribution >= 0.6 is 34.5 Å². The van der Waals surface area contributed by atoms with E-state index in [1.807, 2.05) is 19.9 Å². The summed E-state index contributed by atoms with van der Waals surface area (Å²) in [4.78, 5) is 28.0. The van der Waals surface area contributed by atoms with Crippen molar-refractivity contribution in [2.45, 2.75) is 19.9 Å². The second-order valence-corrected chi connectivity index (χ2v) is 7.61. The number of halogens is 2. The van der Waals surface area contributed by atoms with Crippen LogP contribution in [-0.4, -0.2) is 32.8 Å². The fourth-order valence-corrected chi connectivity index (χ4v) is 4.05. The van der Waals surface area contributed by atoms with Crippen LogP contribution in [0.3, 0.4) is 0 Å². The van der Waals surface area contributed by atoms with Gasteiger partial charge in [-0.25, -0.2) is 15.0 Å². The summed E-state index contributed by atoms with van der Waals surface area (Å²) >= 11 is 13.5. The molecular formula is C18H16Cl2N4OS. The van der Waals surface area contributed by atoms with Gasteiger partial charge in [-0.15, -0.1) is 11.3 Å². The lowest BCUT2D eigenvalue weighted by atomic mass is 10.1. The van der Waals surface area contributed by atoms with Gasteiger partial charge in [0, 0.05) is 29.5 Å². The van der Waals surface area contributed by atoms with Gasteiger partial charge >= 0.3 is 0 Å². The van der Waals surface area contributed by atoms with Crippen molar-refractivity contribution in [2.24, 2.45) is 0 Å². The first kappa shape index (κ1) is 18.8. The van der Waals surface area contributed by atoms with Gasteiger partial charge in [-0.2, -0.15) is 0 Å². The van der Waals surface area contributed by atoms with Crippen molar-refractivity contribution in [3.05, 3.63) is 62.8 Å². The Bertz CT molecular complexity index is 946. The molecule has 0 aliphatic rings. The lowest BCUT2D eigenvalue weighted by Gasteiger charge is -2.25. The molecule has 5 nitrogen and oxygen atoms in total. The Labute approximate surface area is 165 Å². The molecule has 0 aliphatic carbocycles. The Morgan fingerprint density at radius 1 is 1.23 bits per heavy atom. The smallest absolute Gasteiger partial charge is 0.266 e. The SMILES string of the molecule is Cc1nc(-c2ncccn2)sc1C(=O)N(C)C(C)c1ccc(Cl)cc1Cl. The Hall–Kier alpha value is -2.02. The van der Waals surface area contributed by atoms with Crippen molar-refractivity contribution in [3.63, 3.8) is 0 Å². The maximum atomic E-state index is 13.0. The van der Waals surface area contributed by atoms with Gasteiger partial charge in [0.15, 0.2) is 10.8 Å². The van der Waals surface area contributed by atoms with Crippen molar-refractivity contribution in [1.82, 2.24) is 19.9 Å².